The molecule has 0 saturated carbocycles. The van der Waals surface area contributed by atoms with Crippen LogP contribution in [-0.2, 0) is 0 Å². The van der Waals surface area contributed by atoms with Crippen molar-refractivity contribution in [3.8, 4) is 11.3 Å². The lowest BCUT2D eigenvalue weighted by atomic mass is 10.1. The highest BCUT2D eigenvalue weighted by Crippen LogP contribution is 2.21. The van der Waals surface area contributed by atoms with Gasteiger partial charge in [0.25, 0.3) is 0 Å². The van der Waals surface area contributed by atoms with Crippen LogP contribution in [0, 0.1) is 0 Å². The van der Waals surface area contributed by atoms with Gasteiger partial charge in [0, 0.05) is 17.2 Å². The summed E-state index contributed by atoms with van der Waals surface area (Å²) in [6, 6.07) is 31.6. The standard InChI is InChI=1S/C22H17N3O/c1-4-10-17(11-5-1)21-16-20(25-26-21)22(18-12-6-2-7-13-18)24-23-19-14-8-3-9-15-19/h1-16,23H/b24-22-. The Kier molecular flexibility index (Phi) is 4.56. The van der Waals surface area contributed by atoms with Gasteiger partial charge in [-0.1, -0.05) is 84.0 Å². The lowest BCUT2D eigenvalue weighted by Crippen LogP contribution is -2.06. The molecule has 0 unspecified atom stereocenters. The van der Waals surface area contributed by atoms with Crippen LogP contribution in [0.1, 0.15) is 11.3 Å². The summed E-state index contributed by atoms with van der Waals surface area (Å²) in [4.78, 5) is 0. The molecule has 0 saturated heterocycles. The maximum atomic E-state index is 5.55. The summed E-state index contributed by atoms with van der Waals surface area (Å²) in [5.41, 5.74) is 7.35. The van der Waals surface area contributed by atoms with Crippen molar-refractivity contribution >= 4 is 11.4 Å². The molecule has 0 aliphatic heterocycles. The third-order valence-corrected chi connectivity index (χ3v) is 3.93. The molecule has 0 aliphatic rings. The topological polar surface area (TPSA) is 50.4 Å². The van der Waals surface area contributed by atoms with Crippen molar-refractivity contribution in [2.75, 3.05) is 5.43 Å². The van der Waals surface area contributed by atoms with Gasteiger partial charge in [0.05, 0.1) is 5.69 Å². The molecule has 4 rings (SSSR count). The van der Waals surface area contributed by atoms with E-state index in [9.17, 15) is 0 Å². The molecule has 0 radical (unpaired) electrons. The number of hydrazone groups is 1. The number of aromatic nitrogens is 1. The van der Waals surface area contributed by atoms with Crippen LogP contribution in [0.15, 0.2) is 107 Å². The van der Waals surface area contributed by atoms with Gasteiger partial charge in [-0.05, 0) is 12.1 Å². The van der Waals surface area contributed by atoms with Crippen molar-refractivity contribution in [2.24, 2.45) is 5.10 Å². The second kappa shape index (κ2) is 7.49. The fourth-order valence-corrected chi connectivity index (χ4v) is 2.62. The summed E-state index contributed by atoms with van der Waals surface area (Å²) in [5.74, 6) is 0.712. The Balaban J connectivity index is 1.71. The minimum absolute atomic E-state index is 0.679. The number of hydrogen-bond acceptors (Lipinski definition) is 4. The van der Waals surface area contributed by atoms with Crippen molar-refractivity contribution in [3.63, 3.8) is 0 Å². The van der Waals surface area contributed by atoms with Gasteiger partial charge < -0.3 is 4.52 Å². The average molecular weight is 339 g/mol. The summed E-state index contributed by atoms with van der Waals surface area (Å²) in [6.45, 7) is 0. The van der Waals surface area contributed by atoms with Gasteiger partial charge in [-0.2, -0.15) is 5.10 Å². The normalized spacial score (nSPS) is 11.3. The van der Waals surface area contributed by atoms with Crippen LogP contribution in [0.5, 0.6) is 0 Å². The smallest absolute Gasteiger partial charge is 0.167 e. The highest BCUT2D eigenvalue weighted by Gasteiger charge is 2.14. The lowest BCUT2D eigenvalue weighted by molar-refractivity contribution is 0.431. The third kappa shape index (κ3) is 3.54. The maximum absolute atomic E-state index is 5.55. The molecule has 1 N–H and O–H groups in total. The van der Waals surface area contributed by atoms with E-state index in [-0.39, 0.29) is 0 Å². The SMILES string of the molecule is c1ccc(N/N=C(/c2ccccc2)c2cc(-c3ccccc3)on2)cc1. The van der Waals surface area contributed by atoms with Crippen molar-refractivity contribution < 1.29 is 4.52 Å². The molecule has 0 atom stereocenters. The molecule has 0 spiro atoms. The summed E-state index contributed by atoms with van der Waals surface area (Å²) >= 11 is 0. The zero-order valence-electron chi connectivity index (χ0n) is 14.0. The van der Waals surface area contributed by atoms with Crippen molar-refractivity contribution in [1.82, 2.24) is 5.16 Å². The van der Waals surface area contributed by atoms with Gasteiger partial charge in [-0.3, -0.25) is 5.43 Å². The van der Waals surface area contributed by atoms with E-state index >= 15 is 0 Å². The van der Waals surface area contributed by atoms with Gasteiger partial charge in [-0.15, -0.1) is 0 Å². The first-order valence-electron chi connectivity index (χ1n) is 8.37. The highest BCUT2D eigenvalue weighted by molar-refractivity contribution is 6.12. The zero-order valence-corrected chi connectivity index (χ0v) is 14.0. The van der Waals surface area contributed by atoms with E-state index in [0.29, 0.717) is 11.5 Å². The predicted molar refractivity (Wildman–Crippen MR) is 104 cm³/mol. The number of benzene rings is 3. The van der Waals surface area contributed by atoms with E-state index in [0.717, 1.165) is 22.5 Å². The second-order valence-corrected chi connectivity index (χ2v) is 5.75. The van der Waals surface area contributed by atoms with Crippen LogP contribution >= 0.6 is 0 Å². The molecule has 4 heteroatoms. The third-order valence-electron chi connectivity index (χ3n) is 3.93. The van der Waals surface area contributed by atoms with Crippen LogP contribution in [0.25, 0.3) is 11.3 Å². The largest absolute Gasteiger partial charge is 0.356 e. The van der Waals surface area contributed by atoms with Crippen LogP contribution in [-0.4, -0.2) is 10.9 Å². The molecule has 0 fully saturated rings. The van der Waals surface area contributed by atoms with Gasteiger partial charge in [0.1, 0.15) is 11.4 Å². The molecular formula is C22H17N3O. The summed E-state index contributed by atoms with van der Waals surface area (Å²) in [6.07, 6.45) is 0. The van der Waals surface area contributed by atoms with Crippen molar-refractivity contribution in [1.29, 1.82) is 0 Å². The summed E-state index contributed by atoms with van der Waals surface area (Å²) < 4.78 is 5.55. The molecule has 3 aromatic carbocycles. The van der Waals surface area contributed by atoms with Crippen LogP contribution < -0.4 is 5.43 Å². The molecule has 26 heavy (non-hydrogen) atoms. The Labute approximate surface area is 151 Å². The summed E-state index contributed by atoms with van der Waals surface area (Å²) in [5, 5.41) is 8.82. The Hall–Kier alpha value is -3.66. The molecule has 0 aliphatic carbocycles. The number of hydrogen-bond donors (Lipinski definition) is 1. The van der Waals surface area contributed by atoms with E-state index in [1.165, 1.54) is 0 Å². The summed E-state index contributed by atoms with van der Waals surface area (Å²) in [7, 11) is 0. The molecule has 0 amide bonds. The molecule has 1 heterocycles. The zero-order chi connectivity index (χ0) is 17.6. The first-order chi connectivity index (χ1) is 12.9. The molecule has 4 nitrogen and oxygen atoms in total. The molecule has 0 bridgehead atoms. The van der Waals surface area contributed by atoms with Gasteiger partial charge in [0.2, 0.25) is 0 Å². The van der Waals surface area contributed by atoms with Crippen LogP contribution in [0.4, 0.5) is 5.69 Å². The van der Waals surface area contributed by atoms with Crippen molar-refractivity contribution in [3.05, 3.63) is 108 Å². The highest BCUT2D eigenvalue weighted by atomic mass is 16.5. The first kappa shape index (κ1) is 15.8. The minimum atomic E-state index is 0.679. The van der Waals surface area contributed by atoms with Crippen LogP contribution in [0.3, 0.4) is 0 Å². The minimum Gasteiger partial charge on any atom is -0.356 e. The van der Waals surface area contributed by atoms with E-state index in [1.807, 2.05) is 97.1 Å². The number of nitrogens with zero attached hydrogens (tertiary/aromatic N) is 2. The van der Waals surface area contributed by atoms with Gasteiger partial charge in [-0.25, -0.2) is 0 Å². The van der Waals surface area contributed by atoms with E-state index in [1.54, 1.807) is 0 Å². The quantitative estimate of drug-likeness (QED) is 0.401. The fourth-order valence-electron chi connectivity index (χ4n) is 2.62. The van der Waals surface area contributed by atoms with E-state index < -0.39 is 0 Å². The van der Waals surface area contributed by atoms with Gasteiger partial charge in [0.15, 0.2) is 5.76 Å². The Morgan fingerprint density at radius 2 is 1.38 bits per heavy atom. The Morgan fingerprint density at radius 1 is 0.769 bits per heavy atom. The van der Waals surface area contributed by atoms with Crippen LogP contribution in [0.2, 0.25) is 0 Å². The molecule has 4 aromatic rings. The molecule has 1 aromatic heterocycles. The van der Waals surface area contributed by atoms with E-state index in [4.69, 9.17) is 4.52 Å². The fraction of sp³-hybridized carbons (Fsp3) is 0. The second-order valence-electron chi connectivity index (χ2n) is 5.75. The first-order valence-corrected chi connectivity index (χ1v) is 8.37. The monoisotopic (exact) mass is 339 g/mol. The van der Waals surface area contributed by atoms with Gasteiger partial charge >= 0.3 is 0 Å². The maximum Gasteiger partial charge on any atom is 0.167 e. The number of nitrogens with one attached hydrogen (secondary N) is 1. The predicted octanol–water partition coefficient (Wildman–Crippen LogP) is 5.21. The Morgan fingerprint density at radius 3 is 2.08 bits per heavy atom. The lowest BCUT2D eigenvalue weighted by Gasteiger charge is -2.05. The molecular weight excluding hydrogens is 322 g/mol. The van der Waals surface area contributed by atoms with E-state index in [2.05, 4.69) is 15.7 Å². The average Bonchev–Trinajstić information content (AvgIpc) is 3.20. The Bertz CT molecular complexity index is 993. The molecule has 126 valence electrons. The van der Waals surface area contributed by atoms with Crippen molar-refractivity contribution in [2.45, 2.75) is 0 Å². The number of anilines is 1. The number of para-hydroxylation sites is 1. The number of rotatable bonds is 5.